The Morgan fingerprint density at radius 3 is 2.95 bits per heavy atom. The smallest absolute Gasteiger partial charge is 0.161 e. The average Bonchev–Trinajstić information content (AvgIpc) is 2.93. The summed E-state index contributed by atoms with van der Waals surface area (Å²) in [6.07, 6.45) is 5.39. The lowest BCUT2D eigenvalue weighted by molar-refractivity contribution is 0.105. The Balaban J connectivity index is 2.07. The number of ether oxygens (including phenoxy) is 1. The van der Waals surface area contributed by atoms with Gasteiger partial charge in [0.2, 0.25) is 0 Å². The number of halogens is 1. The summed E-state index contributed by atoms with van der Waals surface area (Å²) in [5, 5.41) is 3.54. The van der Waals surface area contributed by atoms with Gasteiger partial charge in [-0.25, -0.2) is 9.97 Å². The number of anilines is 2. The van der Waals surface area contributed by atoms with Gasteiger partial charge >= 0.3 is 0 Å². The molecule has 19 heavy (non-hydrogen) atoms. The Bertz CT molecular complexity index is 421. The zero-order chi connectivity index (χ0) is 13.7. The molecule has 1 unspecified atom stereocenters. The maximum Gasteiger partial charge on any atom is 0.161 e. The molecule has 0 bridgehead atoms. The van der Waals surface area contributed by atoms with Crippen LogP contribution in [0.2, 0.25) is 5.15 Å². The number of nitrogens with zero attached hydrogens (tertiary/aromatic N) is 2. The molecule has 1 aromatic rings. The third-order valence-electron chi connectivity index (χ3n) is 3.21. The van der Waals surface area contributed by atoms with E-state index in [0.717, 1.165) is 32.4 Å². The molecule has 106 valence electrons. The molecule has 3 N–H and O–H groups in total. The van der Waals surface area contributed by atoms with Crippen LogP contribution in [0.25, 0.3) is 0 Å². The van der Waals surface area contributed by atoms with Crippen molar-refractivity contribution in [1.82, 2.24) is 9.97 Å². The molecule has 6 heteroatoms. The summed E-state index contributed by atoms with van der Waals surface area (Å²) in [4.78, 5) is 8.68. The molecule has 1 aliphatic rings. The molecule has 0 spiro atoms. The van der Waals surface area contributed by atoms with Crippen molar-refractivity contribution in [1.29, 1.82) is 0 Å². The zero-order valence-corrected chi connectivity index (χ0v) is 12.0. The van der Waals surface area contributed by atoms with Gasteiger partial charge in [-0.05, 0) is 19.3 Å². The molecule has 0 saturated carbocycles. The first-order valence-electron chi connectivity index (χ1n) is 6.90. The molecule has 0 aromatic carbocycles. The highest BCUT2D eigenvalue weighted by Gasteiger charge is 2.22. The predicted molar refractivity (Wildman–Crippen MR) is 77.4 cm³/mol. The summed E-state index contributed by atoms with van der Waals surface area (Å²) in [7, 11) is 0. The highest BCUT2D eigenvalue weighted by molar-refractivity contribution is 6.32. The van der Waals surface area contributed by atoms with E-state index in [1.165, 1.54) is 12.8 Å². The van der Waals surface area contributed by atoms with Gasteiger partial charge in [-0.3, -0.25) is 0 Å². The van der Waals surface area contributed by atoms with Crippen LogP contribution < -0.4 is 11.1 Å². The Morgan fingerprint density at radius 1 is 1.42 bits per heavy atom. The van der Waals surface area contributed by atoms with E-state index in [9.17, 15) is 0 Å². The fraction of sp³-hybridized carbons (Fsp3) is 0.692. The second kappa shape index (κ2) is 6.91. The molecule has 0 aliphatic carbocycles. The van der Waals surface area contributed by atoms with Crippen molar-refractivity contribution in [3.05, 3.63) is 11.0 Å². The lowest BCUT2D eigenvalue weighted by Crippen LogP contribution is -2.11. The second-order valence-corrected chi connectivity index (χ2v) is 5.13. The van der Waals surface area contributed by atoms with Crippen molar-refractivity contribution in [2.75, 3.05) is 24.2 Å². The second-order valence-electron chi connectivity index (χ2n) is 4.77. The van der Waals surface area contributed by atoms with Crippen molar-refractivity contribution >= 4 is 23.1 Å². The topological polar surface area (TPSA) is 73.1 Å². The molecule has 1 fully saturated rings. The quantitative estimate of drug-likeness (QED) is 0.620. The number of rotatable bonds is 6. The molecule has 1 aromatic heterocycles. The van der Waals surface area contributed by atoms with Crippen LogP contribution in [0.1, 0.15) is 51.0 Å². The van der Waals surface area contributed by atoms with Crippen LogP contribution in [-0.4, -0.2) is 23.1 Å². The summed E-state index contributed by atoms with van der Waals surface area (Å²) >= 11 is 6.07. The van der Waals surface area contributed by atoms with E-state index in [0.29, 0.717) is 22.5 Å². The van der Waals surface area contributed by atoms with Gasteiger partial charge in [-0.15, -0.1) is 0 Å². The lowest BCUT2D eigenvalue weighted by atomic mass is 10.2. The van der Waals surface area contributed by atoms with Gasteiger partial charge in [0.1, 0.15) is 11.8 Å². The highest BCUT2D eigenvalue weighted by Crippen LogP contribution is 2.31. The molecule has 0 amide bonds. The number of aromatic nitrogens is 2. The predicted octanol–water partition coefficient (Wildman–Crippen LogP) is 3.17. The first kappa shape index (κ1) is 14.3. The third kappa shape index (κ3) is 3.70. The Hall–Kier alpha value is -1.07. The maximum atomic E-state index is 6.07. The van der Waals surface area contributed by atoms with Gasteiger partial charge in [0.05, 0.1) is 0 Å². The van der Waals surface area contributed by atoms with E-state index < -0.39 is 0 Å². The normalized spacial score (nSPS) is 18.7. The summed E-state index contributed by atoms with van der Waals surface area (Å²) in [6.45, 7) is 3.77. The Morgan fingerprint density at radius 2 is 2.26 bits per heavy atom. The van der Waals surface area contributed by atoms with Gasteiger partial charge < -0.3 is 15.8 Å². The van der Waals surface area contributed by atoms with Gasteiger partial charge in [0.25, 0.3) is 0 Å². The van der Waals surface area contributed by atoms with Crippen molar-refractivity contribution in [2.24, 2.45) is 0 Å². The van der Waals surface area contributed by atoms with E-state index in [2.05, 4.69) is 22.2 Å². The van der Waals surface area contributed by atoms with Crippen LogP contribution in [0.3, 0.4) is 0 Å². The standard InChI is InChI=1S/C13H21ClN4O/c1-2-3-4-7-16-13-10(15)11(14)17-12(18-13)9-6-5-8-19-9/h9H,2-8,15H2,1H3,(H,16,17,18). The molecule has 5 nitrogen and oxygen atoms in total. The number of nitrogens with two attached hydrogens (primary N) is 1. The summed E-state index contributed by atoms with van der Waals surface area (Å²) < 4.78 is 5.58. The van der Waals surface area contributed by atoms with E-state index >= 15 is 0 Å². The van der Waals surface area contributed by atoms with Gasteiger partial charge in [0, 0.05) is 13.2 Å². The molecule has 2 rings (SSSR count). The monoisotopic (exact) mass is 284 g/mol. The minimum absolute atomic E-state index is 0.0470. The molecular weight excluding hydrogens is 264 g/mol. The highest BCUT2D eigenvalue weighted by atomic mass is 35.5. The summed E-state index contributed by atoms with van der Waals surface area (Å²) in [5.74, 6) is 1.26. The first-order chi connectivity index (χ1) is 9.22. The fourth-order valence-electron chi connectivity index (χ4n) is 2.10. The van der Waals surface area contributed by atoms with E-state index in [1.54, 1.807) is 0 Å². The number of nitrogens with one attached hydrogen (secondary N) is 1. The van der Waals surface area contributed by atoms with Crippen LogP contribution in [-0.2, 0) is 4.74 Å². The average molecular weight is 285 g/mol. The fourth-order valence-corrected chi connectivity index (χ4v) is 2.28. The van der Waals surface area contributed by atoms with Crippen molar-refractivity contribution in [3.8, 4) is 0 Å². The SMILES string of the molecule is CCCCCNc1nc(C2CCCO2)nc(Cl)c1N. The maximum absolute atomic E-state index is 6.07. The molecule has 1 aliphatic heterocycles. The molecule has 1 saturated heterocycles. The Labute approximate surface area is 118 Å². The molecule has 0 radical (unpaired) electrons. The van der Waals surface area contributed by atoms with Crippen LogP contribution >= 0.6 is 11.6 Å². The summed E-state index contributed by atoms with van der Waals surface area (Å²) in [6, 6.07) is 0. The number of hydrogen-bond acceptors (Lipinski definition) is 5. The molecule has 2 heterocycles. The minimum Gasteiger partial charge on any atom is -0.393 e. The lowest BCUT2D eigenvalue weighted by Gasteiger charge is -2.13. The number of unbranched alkanes of at least 4 members (excludes halogenated alkanes) is 2. The van der Waals surface area contributed by atoms with E-state index in [4.69, 9.17) is 22.1 Å². The van der Waals surface area contributed by atoms with Crippen LogP contribution in [0.15, 0.2) is 0 Å². The van der Waals surface area contributed by atoms with Crippen molar-refractivity contribution in [2.45, 2.75) is 45.1 Å². The van der Waals surface area contributed by atoms with E-state index in [-0.39, 0.29) is 6.10 Å². The van der Waals surface area contributed by atoms with Crippen molar-refractivity contribution in [3.63, 3.8) is 0 Å². The first-order valence-corrected chi connectivity index (χ1v) is 7.28. The van der Waals surface area contributed by atoms with Crippen molar-refractivity contribution < 1.29 is 4.74 Å². The molecule has 1 atom stereocenters. The van der Waals surface area contributed by atoms with Gasteiger partial charge in [0.15, 0.2) is 16.8 Å². The van der Waals surface area contributed by atoms with Crippen LogP contribution in [0.5, 0.6) is 0 Å². The zero-order valence-electron chi connectivity index (χ0n) is 11.3. The van der Waals surface area contributed by atoms with E-state index in [1.807, 2.05) is 0 Å². The van der Waals surface area contributed by atoms with Crippen LogP contribution in [0.4, 0.5) is 11.5 Å². The molecular formula is C13H21ClN4O. The number of nitrogen functional groups attached to an aromatic ring is 1. The van der Waals surface area contributed by atoms with Crippen LogP contribution in [0, 0.1) is 0 Å². The Kier molecular flexibility index (Phi) is 5.22. The summed E-state index contributed by atoms with van der Waals surface area (Å²) in [5.41, 5.74) is 6.32. The number of hydrogen-bond donors (Lipinski definition) is 2. The third-order valence-corrected chi connectivity index (χ3v) is 3.49. The minimum atomic E-state index is -0.0470. The van der Waals surface area contributed by atoms with Gasteiger partial charge in [-0.2, -0.15) is 0 Å². The van der Waals surface area contributed by atoms with Gasteiger partial charge in [-0.1, -0.05) is 31.4 Å². The largest absolute Gasteiger partial charge is 0.393 e.